The lowest BCUT2D eigenvalue weighted by atomic mass is 9.64. The van der Waals surface area contributed by atoms with Gasteiger partial charge in [-0.3, -0.25) is 4.79 Å². The van der Waals surface area contributed by atoms with Crippen molar-refractivity contribution in [1.82, 2.24) is 5.32 Å². The van der Waals surface area contributed by atoms with Gasteiger partial charge in [-0.05, 0) is 48.2 Å². The van der Waals surface area contributed by atoms with Crippen molar-refractivity contribution in [1.29, 1.82) is 0 Å². The number of benzene rings is 2. The van der Waals surface area contributed by atoms with Gasteiger partial charge in [0, 0.05) is 11.6 Å². The van der Waals surface area contributed by atoms with Crippen molar-refractivity contribution in [2.75, 3.05) is 21.3 Å². The minimum absolute atomic E-state index is 0.0322. The van der Waals surface area contributed by atoms with Crippen molar-refractivity contribution in [3.05, 3.63) is 52.5 Å². The van der Waals surface area contributed by atoms with Crippen LogP contribution in [0.3, 0.4) is 0 Å². The molecule has 1 fully saturated rings. The fourth-order valence-electron chi connectivity index (χ4n) is 3.54. The van der Waals surface area contributed by atoms with Gasteiger partial charge in [-0.1, -0.05) is 30.2 Å². The Morgan fingerprint density at radius 1 is 1.04 bits per heavy atom. The summed E-state index contributed by atoms with van der Waals surface area (Å²) in [5.41, 5.74) is 1.43. The maximum atomic E-state index is 13.0. The fourth-order valence-corrected chi connectivity index (χ4v) is 3.66. The predicted octanol–water partition coefficient (Wildman–Crippen LogP) is 4.10. The topological polar surface area (TPSA) is 56.8 Å². The van der Waals surface area contributed by atoms with Crippen molar-refractivity contribution < 1.29 is 19.0 Å². The van der Waals surface area contributed by atoms with Gasteiger partial charge in [-0.25, -0.2) is 0 Å². The molecule has 27 heavy (non-hydrogen) atoms. The molecule has 0 unspecified atom stereocenters. The van der Waals surface area contributed by atoms with Crippen molar-refractivity contribution in [3.63, 3.8) is 0 Å². The molecule has 1 aliphatic rings. The molecule has 6 heteroatoms. The van der Waals surface area contributed by atoms with Gasteiger partial charge >= 0.3 is 0 Å². The zero-order chi connectivity index (χ0) is 19.4. The molecule has 0 aromatic heterocycles. The molecule has 2 aromatic rings. The van der Waals surface area contributed by atoms with E-state index in [0.29, 0.717) is 28.8 Å². The summed E-state index contributed by atoms with van der Waals surface area (Å²) < 4.78 is 16.1. The van der Waals surface area contributed by atoms with Crippen LogP contribution in [-0.2, 0) is 16.8 Å². The molecule has 0 aliphatic heterocycles. The summed E-state index contributed by atoms with van der Waals surface area (Å²) in [7, 11) is 4.71. The van der Waals surface area contributed by atoms with Crippen LogP contribution in [0, 0.1) is 0 Å². The maximum absolute atomic E-state index is 13.0. The summed E-state index contributed by atoms with van der Waals surface area (Å²) in [6.45, 7) is 0.380. The molecule has 0 spiro atoms. The van der Waals surface area contributed by atoms with Crippen LogP contribution in [-0.4, -0.2) is 27.2 Å². The normalized spacial score (nSPS) is 14.8. The highest BCUT2D eigenvalue weighted by molar-refractivity contribution is 6.30. The number of carbonyl (C=O) groups is 1. The molecule has 1 aliphatic carbocycles. The molecule has 1 saturated carbocycles. The summed E-state index contributed by atoms with van der Waals surface area (Å²) >= 11 is 5.99. The summed E-state index contributed by atoms with van der Waals surface area (Å²) in [6.07, 6.45) is 2.73. The monoisotopic (exact) mass is 389 g/mol. The second-order valence-corrected chi connectivity index (χ2v) is 7.10. The van der Waals surface area contributed by atoms with E-state index in [1.807, 2.05) is 36.4 Å². The Balaban J connectivity index is 1.78. The second kappa shape index (κ2) is 8.09. The van der Waals surface area contributed by atoms with Crippen LogP contribution in [0.4, 0.5) is 0 Å². The SMILES string of the molecule is COc1cc(CNC(=O)C2(c3ccc(Cl)cc3)CCC2)cc(OC)c1OC. The summed E-state index contributed by atoms with van der Waals surface area (Å²) in [6, 6.07) is 11.3. The minimum Gasteiger partial charge on any atom is -0.493 e. The highest BCUT2D eigenvalue weighted by atomic mass is 35.5. The van der Waals surface area contributed by atoms with Gasteiger partial charge in [0.1, 0.15) is 0 Å². The predicted molar refractivity (Wildman–Crippen MR) is 105 cm³/mol. The molecule has 0 bridgehead atoms. The number of methoxy groups -OCH3 is 3. The van der Waals surface area contributed by atoms with Crippen molar-refractivity contribution in [2.45, 2.75) is 31.2 Å². The molecular weight excluding hydrogens is 366 g/mol. The number of carbonyl (C=O) groups excluding carboxylic acids is 1. The molecule has 0 heterocycles. The summed E-state index contributed by atoms with van der Waals surface area (Å²) in [5.74, 6) is 1.70. The molecule has 0 saturated heterocycles. The first-order valence-corrected chi connectivity index (χ1v) is 9.25. The van der Waals surface area contributed by atoms with E-state index in [1.165, 1.54) is 0 Å². The van der Waals surface area contributed by atoms with E-state index >= 15 is 0 Å². The summed E-state index contributed by atoms with van der Waals surface area (Å²) in [4.78, 5) is 13.0. The van der Waals surface area contributed by atoms with Gasteiger partial charge in [-0.2, -0.15) is 0 Å². The fraction of sp³-hybridized carbons (Fsp3) is 0.381. The van der Waals surface area contributed by atoms with Gasteiger partial charge in [-0.15, -0.1) is 0 Å². The molecule has 1 N–H and O–H groups in total. The average molecular weight is 390 g/mol. The Morgan fingerprint density at radius 3 is 2.07 bits per heavy atom. The number of halogens is 1. The van der Waals surface area contributed by atoms with Crippen LogP contribution in [0.2, 0.25) is 5.02 Å². The number of amides is 1. The summed E-state index contributed by atoms with van der Waals surface area (Å²) in [5, 5.41) is 3.74. The largest absolute Gasteiger partial charge is 0.493 e. The lowest BCUT2D eigenvalue weighted by molar-refractivity contribution is -0.130. The highest BCUT2D eigenvalue weighted by Gasteiger charge is 2.45. The van der Waals surface area contributed by atoms with Crippen LogP contribution in [0.1, 0.15) is 30.4 Å². The van der Waals surface area contributed by atoms with E-state index in [9.17, 15) is 4.79 Å². The van der Waals surface area contributed by atoms with Gasteiger partial charge in [0.05, 0.1) is 26.7 Å². The molecule has 0 radical (unpaired) electrons. The average Bonchev–Trinajstić information content (AvgIpc) is 2.65. The molecular formula is C21H24ClNO4. The van der Waals surface area contributed by atoms with Crippen LogP contribution in [0.5, 0.6) is 17.2 Å². The van der Waals surface area contributed by atoms with E-state index in [-0.39, 0.29) is 5.91 Å². The van der Waals surface area contributed by atoms with E-state index in [1.54, 1.807) is 21.3 Å². The van der Waals surface area contributed by atoms with Gasteiger partial charge in [0.2, 0.25) is 11.7 Å². The van der Waals surface area contributed by atoms with Crippen molar-refractivity contribution in [3.8, 4) is 17.2 Å². The first-order valence-electron chi connectivity index (χ1n) is 8.87. The number of nitrogens with one attached hydrogen (secondary N) is 1. The van der Waals surface area contributed by atoms with Crippen molar-refractivity contribution >= 4 is 17.5 Å². The maximum Gasteiger partial charge on any atom is 0.230 e. The first kappa shape index (κ1) is 19.4. The molecule has 1 amide bonds. The lowest BCUT2D eigenvalue weighted by Crippen LogP contribution is -2.48. The molecule has 0 atom stereocenters. The van der Waals surface area contributed by atoms with Gasteiger partial charge < -0.3 is 19.5 Å². The van der Waals surface area contributed by atoms with E-state index in [4.69, 9.17) is 25.8 Å². The smallest absolute Gasteiger partial charge is 0.230 e. The van der Waals surface area contributed by atoms with E-state index in [0.717, 1.165) is 30.4 Å². The lowest BCUT2D eigenvalue weighted by Gasteiger charge is -2.40. The Morgan fingerprint density at radius 2 is 1.63 bits per heavy atom. The molecule has 2 aromatic carbocycles. The number of hydrogen-bond acceptors (Lipinski definition) is 4. The molecule has 3 rings (SSSR count). The van der Waals surface area contributed by atoms with Crippen LogP contribution < -0.4 is 19.5 Å². The number of ether oxygens (including phenoxy) is 3. The molecule has 5 nitrogen and oxygen atoms in total. The quantitative estimate of drug-likeness (QED) is 0.774. The number of hydrogen-bond donors (Lipinski definition) is 1. The number of rotatable bonds is 7. The third kappa shape index (κ3) is 3.69. The van der Waals surface area contributed by atoms with Crippen molar-refractivity contribution in [2.24, 2.45) is 0 Å². The van der Waals surface area contributed by atoms with E-state index in [2.05, 4.69) is 5.32 Å². The zero-order valence-corrected chi connectivity index (χ0v) is 16.6. The zero-order valence-electron chi connectivity index (χ0n) is 15.8. The van der Waals surface area contributed by atoms with Gasteiger partial charge in [0.15, 0.2) is 11.5 Å². The Kier molecular flexibility index (Phi) is 5.80. The standard InChI is InChI=1S/C21H24ClNO4/c1-25-17-11-14(12-18(26-2)19(17)27-3)13-23-20(24)21(9-4-10-21)15-5-7-16(22)8-6-15/h5-8,11-12H,4,9-10,13H2,1-3H3,(H,23,24). The third-order valence-corrected chi connectivity index (χ3v) is 5.47. The highest BCUT2D eigenvalue weighted by Crippen LogP contribution is 2.44. The Hall–Kier alpha value is -2.40. The minimum atomic E-state index is -0.467. The van der Waals surface area contributed by atoms with Gasteiger partial charge in [0.25, 0.3) is 0 Å². The second-order valence-electron chi connectivity index (χ2n) is 6.66. The van der Waals surface area contributed by atoms with Crippen LogP contribution in [0.25, 0.3) is 0 Å². The van der Waals surface area contributed by atoms with Crippen LogP contribution in [0.15, 0.2) is 36.4 Å². The Bertz CT molecular complexity index is 790. The van der Waals surface area contributed by atoms with E-state index < -0.39 is 5.41 Å². The third-order valence-electron chi connectivity index (χ3n) is 5.22. The molecule has 144 valence electrons. The Labute approximate surface area is 164 Å². The van der Waals surface area contributed by atoms with Crippen LogP contribution >= 0.6 is 11.6 Å². The first-order chi connectivity index (χ1) is 13.0.